The summed E-state index contributed by atoms with van der Waals surface area (Å²) < 4.78 is 13.8. The first-order valence-corrected chi connectivity index (χ1v) is 6.83. The topological polar surface area (TPSA) is 32.3 Å². The number of nitrogens with one attached hydrogen (secondary N) is 1. The molecule has 1 N–H and O–H groups in total. The Morgan fingerprint density at radius 1 is 1.47 bits per heavy atom. The molecule has 0 bridgehead atoms. The average Bonchev–Trinajstić information content (AvgIpc) is 2.46. The van der Waals surface area contributed by atoms with Crippen LogP contribution < -0.4 is 5.32 Å². The van der Waals surface area contributed by atoms with Gasteiger partial charge in [-0.1, -0.05) is 18.2 Å². The van der Waals surface area contributed by atoms with Gasteiger partial charge in [-0.05, 0) is 32.4 Å². The maximum Gasteiger partial charge on any atom is 0.227 e. The van der Waals surface area contributed by atoms with Crippen LogP contribution in [0.2, 0.25) is 0 Å². The molecule has 0 radical (unpaired) electrons. The number of benzene rings is 1. The molecule has 1 amide bonds. The van der Waals surface area contributed by atoms with E-state index >= 15 is 0 Å². The predicted molar refractivity (Wildman–Crippen MR) is 73.2 cm³/mol. The van der Waals surface area contributed by atoms with Crippen molar-refractivity contribution >= 4 is 5.91 Å². The lowest BCUT2D eigenvalue weighted by Gasteiger charge is -2.31. The molecule has 19 heavy (non-hydrogen) atoms. The number of carbonyl (C=O) groups is 1. The van der Waals surface area contributed by atoms with Crippen molar-refractivity contribution in [3.63, 3.8) is 0 Å². The van der Waals surface area contributed by atoms with Crippen molar-refractivity contribution in [3.05, 3.63) is 35.6 Å². The number of hydrogen-bond donors (Lipinski definition) is 1. The van der Waals surface area contributed by atoms with Crippen molar-refractivity contribution in [2.24, 2.45) is 5.92 Å². The molecule has 2 atom stereocenters. The highest BCUT2D eigenvalue weighted by molar-refractivity contribution is 5.79. The first-order valence-electron chi connectivity index (χ1n) is 6.83. The number of halogens is 1. The summed E-state index contributed by atoms with van der Waals surface area (Å²) in [6.07, 6.45) is 1.94. The molecule has 0 saturated carbocycles. The largest absolute Gasteiger partial charge is 0.339 e. The monoisotopic (exact) mass is 264 g/mol. The smallest absolute Gasteiger partial charge is 0.227 e. The van der Waals surface area contributed by atoms with Gasteiger partial charge in [0, 0.05) is 19.2 Å². The number of carbonyl (C=O) groups excluding carboxylic acids is 1. The number of rotatable bonds is 3. The van der Waals surface area contributed by atoms with Crippen molar-refractivity contribution in [1.29, 1.82) is 0 Å². The molecule has 1 unspecified atom stereocenters. The zero-order valence-corrected chi connectivity index (χ0v) is 11.5. The minimum Gasteiger partial charge on any atom is -0.339 e. The second-order valence-electron chi connectivity index (χ2n) is 5.19. The van der Waals surface area contributed by atoms with Crippen LogP contribution in [0.3, 0.4) is 0 Å². The second kappa shape index (κ2) is 6.15. The maximum atomic E-state index is 13.8. The summed E-state index contributed by atoms with van der Waals surface area (Å²) in [6.45, 7) is 3.58. The predicted octanol–water partition coefficient (Wildman–Crippen LogP) is 2.34. The molecule has 1 aliphatic rings. The van der Waals surface area contributed by atoms with Gasteiger partial charge in [-0.3, -0.25) is 4.79 Å². The number of piperidine rings is 1. The van der Waals surface area contributed by atoms with Crippen LogP contribution in [0.4, 0.5) is 4.39 Å². The lowest BCUT2D eigenvalue weighted by Crippen LogP contribution is -2.42. The molecule has 1 fully saturated rings. The van der Waals surface area contributed by atoms with Crippen molar-refractivity contribution < 1.29 is 9.18 Å². The normalized spacial score (nSPS) is 20.9. The third-order valence-corrected chi connectivity index (χ3v) is 3.93. The van der Waals surface area contributed by atoms with Gasteiger partial charge < -0.3 is 10.2 Å². The Hall–Kier alpha value is -1.42. The van der Waals surface area contributed by atoms with E-state index in [0.717, 1.165) is 25.9 Å². The molecule has 0 spiro atoms. The highest BCUT2D eigenvalue weighted by Crippen LogP contribution is 2.24. The summed E-state index contributed by atoms with van der Waals surface area (Å²) in [6, 6.07) is 6.40. The van der Waals surface area contributed by atoms with Gasteiger partial charge >= 0.3 is 0 Å². The Labute approximate surface area is 113 Å². The number of nitrogens with zero attached hydrogens (tertiary/aromatic N) is 1. The lowest BCUT2D eigenvalue weighted by atomic mass is 9.97. The van der Waals surface area contributed by atoms with Crippen LogP contribution in [0.1, 0.15) is 31.4 Å². The van der Waals surface area contributed by atoms with Gasteiger partial charge in [-0.2, -0.15) is 0 Å². The lowest BCUT2D eigenvalue weighted by molar-refractivity contribution is -0.136. The minimum absolute atomic E-state index is 0.0213. The first kappa shape index (κ1) is 14.0. The zero-order chi connectivity index (χ0) is 13.8. The number of amides is 1. The van der Waals surface area contributed by atoms with Crippen LogP contribution in [0.15, 0.2) is 24.3 Å². The molecule has 4 heteroatoms. The number of hydrogen-bond acceptors (Lipinski definition) is 2. The molecule has 3 nitrogen and oxygen atoms in total. The van der Waals surface area contributed by atoms with Gasteiger partial charge in [0.25, 0.3) is 0 Å². The van der Waals surface area contributed by atoms with E-state index in [1.54, 1.807) is 30.1 Å². The molecular formula is C15H21FN2O. The highest BCUT2D eigenvalue weighted by Gasteiger charge is 2.27. The van der Waals surface area contributed by atoms with Crippen LogP contribution in [0.25, 0.3) is 0 Å². The Kier molecular flexibility index (Phi) is 4.53. The fourth-order valence-corrected chi connectivity index (χ4v) is 2.56. The van der Waals surface area contributed by atoms with Crippen molar-refractivity contribution in [1.82, 2.24) is 10.2 Å². The third-order valence-electron chi connectivity index (χ3n) is 3.93. The summed E-state index contributed by atoms with van der Waals surface area (Å²) in [4.78, 5) is 14.1. The maximum absolute atomic E-state index is 13.8. The van der Waals surface area contributed by atoms with Gasteiger partial charge in [-0.25, -0.2) is 4.39 Å². The van der Waals surface area contributed by atoms with E-state index in [9.17, 15) is 9.18 Å². The van der Waals surface area contributed by atoms with Crippen molar-refractivity contribution in [3.8, 4) is 0 Å². The zero-order valence-electron chi connectivity index (χ0n) is 11.5. The Bertz CT molecular complexity index is 444. The standard InChI is InChI=1S/C15H21FN2O/c1-11(13-7-3-4-8-14(13)16)18(2)15(19)12-6-5-9-17-10-12/h3-4,7-8,11-12,17H,5-6,9-10H2,1-2H3/t11?,12-/m0/s1. The SMILES string of the molecule is CC(c1ccccc1F)N(C)C(=O)[C@H]1CCCNC1. The molecule has 0 aliphatic carbocycles. The van der Waals surface area contributed by atoms with Crippen LogP contribution >= 0.6 is 0 Å². The minimum atomic E-state index is -0.253. The summed E-state index contributed by atoms with van der Waals surface area (Å²) in [5.74, 6) is -0.132. The molecule has 1 aromatic rings. The average molecular weight is 264 g/mol. The Balaban J connectivity index is 2.08. The van der Waals surface area contributed by atoms with E-state index in [2.05, 4.69) is 5.32 Å². The first-order chi connectivity index (χ1) is 9.11. The van der Waals surface area contributed by atoms with Gasteiger partial charge in [-0.15, -0.1) is 0 Å². The fraction of sp³-hybridized carbons (Fsp3) is 0.533. The summed E-state index contributed by atoms with van der Waals surface area (Å²) in [7, 11) is 1.76. The van der Waals surface area contributed by atoms with Crippen molar-refractivity contribution in [2.45, 2.75) is 25.8 Å². The van der Waals surface area contributed by atoms with Crippen LogP contribution in [-0.2, 0) is 4.79 Å². The summed E-state index contributed by atoms with van der Waals surface area (Å²) >= 11 is 0. The van der Waals surface area contributed by atoms with Crippen LogP contribution in [0, 0.1) is 11.7 Å². The van der Waals surface area contributed by atoms with E-state index in [0.29, 0.717) is 5.56 Å². The molecule has 0 aromatic heterocycles. The molecule has 104 valence electrons. The van der Waals surface area contributed by atoms with E-state index in [1.807, 2.05) is 6.92 Å². The molecular weight excluding hydrogens is 243 g/mol. The Morgan fingerprint density at radius 2 is 2.21 bits per heavy atom. The van der Waals surface area contributed by atoms with Gasteiger partial charge in [0.05, 0.1) is 12.0 Å². The van der Waals surface area contributed by atoms with Crippen LogP contribution in [0.5, 0.6) is 0 Å². The third kappa shape index (κ3) is 3.13. The fourth-order valence-electron chi connectivity index (χ4n) is 2.56. The van der Waals surface area contributed by atoms with E-state index in [4.69, 9.17) is 0 Å². The summed E-state index contributed by atoms with van der Waals surface area (Å²) in [5.41, 5.74) is 0.571. The van der Waals surface area contributed by atoms with Gasteiger partial charge in [0.1, 0.15) is 5.82 Å². The van der Waals surface area contributed by atoms with Crippen molar-refractivity contribution in [2.75, 3.05) is 20.1 Å². The molecule has 1 saturated heterocycles. The van der Waals surface area contributed by atoms with E-state index < -0.39 is 0 Å². The van der Waals surface area contributed by atoms with E-state index in [1.165, 1.54) is 6.07 Å². The molecule has 1 aliphatic heterocycles. The Morgan fingerprint density at radius 3 is 2.84 bits per heavy atom. The van der Waals surface area contributed by atoms with E-state index in [-0.39, 0.29) is 23.7 Å². The second-order valence-corrected chi connectivity index (χ2v) is 5.19. The molecule has 1 heterocycles. The molecule has 2 rings (SSSR count). The highest BCUT2D eigenvalue weighted by atomic mass is 19.1. The summed E-state index contributed by atoms with van der Waals surface area (Å²) in [5, 5.41) is 3.24. The quantitative estimate of drug-likeness (QED) is 0.909. The van der Waals surface area contributed by atoms with Gasteiger partial charge in [0.2, 0.25) is 5.91 Å². The van der Waals surface area contributed by atoms with Crippen LogP contribution in [-0.4, -0.2) is 30.9 Å². The molecule has 1 aromatic carbocycles. The van der Waals surface area contributed by atoms with Gasteiger partial charge in [0.15, 0.2) is 0 Å².